The number of hydrogen-bond donors (Lipinski definition) is 2. The van der Waals surface area contributed by atoms with Crippen LogP contribution < -0.4 is 10.6 Å². The Balaban J connectivity index is 1.58. The smallest absolute Gasteiger partial charge is 0.309 e. The van der Waals surface area contributed by atoms with Gasteiger partial charge in [0.1, 0.15) is 17.6 Å². The van der Waals surface area contributed by atoms with Gasteiger partial charge >= 0.3 is 5.69 Å². The van der Waals surface area contributed by atoms with Gasteiger partial charge in [0.2, 0.25) is 5.91 Å². The second-order valence-corrected chi connectivity index (χ2v) is 6.49. The van der Waals surface area contributed by atoms with Crippen LogP contribution in [0.2, 0.25) is 0 Å². The van der Waals surface area contributed by atoms with Crippen molar-refractivity contribution in [2.75, 3.05) is 10.6 Å². The van der Waals surface area contributed by atoms with Gasteiger partial charge in [-0.25, -0.2) is 0 Å². The van der Waals surface area contributed by atoms with E-state index in [1.807, 2.05) is 6.92 Å². The van der Waals surface area contributed by atoms with Crippen LogP contribution in [0.15, 0.2) is 42.7 Å². The van der Waals surface area contributed by atoms with Crippen molar-refractivity contribution in [3.63, 3.8) is 0 Å². The van der Waals surface area contributed by atoms with E-state index in [-0.39, 0.29) is 30.5 Å². The van der Waals surface area contributed by atoms with Crippen LogP contribution >= 0.6 is 0 Å². The molecule has 30 heavy (non-hydrogen) atoms. The summed E-state index contributed by atoms with van der Waals surface area (Å²) in [5.41, 5.74) is 1.71. The molecule has 0 aliphatic carbocycles. The van der Waals surface area contributed by atoms with Crippen LogP contribution in [0.5, 0.6) is 0 Å². The van der Waals surface area contributed by atoms with Crippen molar-refractivity contribution < 1.29 is 14.5 Å². The number of nitrogens with zero attached hydrogens (tertiary/aromatic N) is 5. The molecule has 2 aromatic heterocycles. The van der Waals surface area contributed by atoms with Gasteiger partial charge in [-0.15, -0.1) is 0 Å². The summed E-state index contributed by atoms with van der Waals surface area (Å²) >= 11 is 0. The number of aryl methyl sites for hydroxylation is 3. The Labute approximate surface area is 171 Å². The Morgan fingerprint density at radius 1 is 1.20 bits per heavy atom. The van der Waals surface area contributed by atoms with E-state index in [1.165, 1.54) is 10.9 Å². The van der Waals surface area contributed by atoms with Crippen LogP contribution in [0.3, 0.4) is 0 Å². The number of amides is 2. The number of carbonyl (C=O) groups excluding carboxylic acids is 2. The predicted octanol–water partition coefficient (Wildman–Crippen LogP) is 2.60. The molecule has 156 valence electrons. The molecule has 0 unspecified atom stereocenters. The van der Waals surface area contributed by atoms with E-state index in [9.17, 15) is 19.7 Å². The highest BCUT2D eigenvalue weighted by Crippen LogP contribution is 2.17. The Kier molecular flexibility index (Phi) is 6.20. The molecule has 0 fully saturated rings. The summed E-state index contributed by atoms with van der Waals surface area (Å²) in [6, 6.07) is 8.40. The SMILES string of the molecule is CCn1nccc1C(=O)Nc1cccc(NC(=O)CCn2cc([N+](=O)[O-])c(C)n2)c1. The second kappa shape index (κ2) is 8.99. The van der Waals surface area contributed by atoms with Crippen molar-refractivity contribution in [2.24, 2.45) is 0 Å². The molecule has 0 bridgehead atoms. The van der Waals surface area contributed by atoms with Crippen molar-refractivity contribution in [1.29, 1.82) is 0 Å². The first-order valence-corrected chi connectivity index (χ1v) is 9.29. The third-order valence-electron chi connectivity index (χ3n) is 4.34. The number of anilines is 2. The molecule has 0 aliphatic heterocycles. The van der Waals surface area contributed by atoms with Crippen molar-refractivity contribution in [3.05, 3.63) is 64.2 Å². The molecule has 11 nitrogen and oxygen atoms in total. The van der Waals surface area contributed by atoms with Gasteiger partial charge in [-0.05, 0) is 38.1 Å². The molecule has 3 rings (SSSR count). The van der Waals surface area contributed by atoms with Crippen LogP contribution in [0.4, 0.5) is 17.1 Å². The lowest BCUT2D eigenvalue weighted by Gasteiger charge is -2.09. The number of carbonyl (C=O) groups is 2. The summed E-state index contributed by atoms with van der Waals surface area (Å²) in [5, 5.41) is 24.5. The van der Waals surface area contributed by atoms with Crippen LogP contribution in [0.25, 0.3) is 0 Å². The number of nitrogens with one attached hydrogen (secondary N) is 2. The molecule has 0 spiro atoms. The summed E-state index contributed by atoms with van der Waals surface area (Å²) in [5.74, 6) is -0.577. The maximum absolute atomic E-state index is 12.4. The third-order valence-corrected chi connectivity index (χ3v) is 4.34. The average molecular weight is 411 g/mol. The zero-order valence-electron chi connectivity index (χ0n) is 16.5. The van der Waals surface area contributed by atoms with Gasteiger partial charge in [0.15, 0.2) is 0 Å². The van der Waals surface area contributed by atoms with Gasteiger partial charge < -0.3 is 10.6 Å². The zero-order chi connectivity index (χ0) is 21.7. The van der Waals surface area contributed by atoms with Gasteiger partial charge in [0, 0.05) is 37.1 Å². The standard InChI is InChI=1S/C19H21N7O4/c1-3-25-16(7-9-20-25)19(28)22-15-6-4-5-14(11-15)21-18(27)8-10-24-12-17(26(29)30)13(2)23-24/h4-7,9,11-12H,3,8,10H2,1-2H3,(H,21,27)(H,22,28). The number of benzene rings is 1. The maximum atomic E-state index is 12.4. The minimum Gasteiger partial charge on any atom is -0.326 e. The molecule has 2 N–H and O–H groups in total. The Morgan fingerprint density at radius 3 is 2.60 bits per heavy atom. The Morgan fingerprint density at radius 2 is 1.93 bits per heavy atom. The van der Waals surface area contributed by atoms with E-state index in [0.29, 0.717) is 29.3 Å². The first-order chi connectivity index (χ1) is 14.4. The second-order valence-electron chi connectivity index (χ2n) is 6.49. The van der Waals surface area contributed by atoms with E-state index in [1.54, 1.807) is 48.1 Å². The molecule has 0 saturated heterocycles. The van der Waals surface area contributed by atoms with Gasteiger partial charge in [-0.3, -0.25) is 29.1 Å². The molecule has 0 radical (unpaired) electrons. The summed E-state index contributed by atoms with van der Waals surface area (Å²) < 4.78 is 2.96. The van der Waals surface area contributed by atoms with Crippen molar-refractivity contribution >= 4 is 28.9 Å². The highest BCUT2D eigenvalue weighted by atomic mass is 16.6. The quantitative estimate of drug-likeness (QED) is 0.432. The van der Waals surface area contributed by atoms with Crippen molar-refractivity contribution in [2.45, 2.75) is 33.4 Å². The van der Waals surface area contributed by atoms with Crippen LogP contribution in [-0.2, 0) is 17.9 Å². The highest BCUT2D eigenvalue weighted by Gasteiger charge is 2.16. The fourth-order valence-electron chi connectivity index (χ4n) is 2.89. The molecule has 11 heteroatoms. The number of hydrogen-bond acceptors (Lipinski definition) is 6. The molecule has 2 amide bonds. The summed E-state index contributed by atoms with van der Waals surface area (Å²) in [4.78, 5) is 35.0. The van der Waals surface area contributed by atoms with E-state index in [0.717, 1.165) is 0 Å². The molecular weight excluding hydrogens is 390 g/mol. The van der Waals surface area contributed by atoms with Gasteiger partial charge in [0.05, 0.1) is 4.92 Å². The van der Waals surface area contributed by atoms with Crippen molar-refractivity contribution in [1.82, 2.24) is 19.6 Å². The van der Waals surface area contributed by atoms with Crippen LogP contribution in [0, 0.1) is 17.0 Å². The molecule has 2 heterocycles. The molecule has 0 atom stereocenters. The normalized spacial score (nSPS) is 10.6. The lowest BCUT2D eigenvalue weighted by atomic mass is 10.2. The molecule has 3 aromatic rings. The summed E-state index contributed by atoms with van der Waals surface area (Å²) in [6.07, 6.45) is 2.95. The fourth-order valence-corrected chi connectivity index (χ4v) is 2.89. The Hall–Kier alpha value is -4.02. The summed E-state index contributed by atoms with van der Waals surface area (Å²) in [7, 11) is 0. The van der Waals surface area contributed by atoms with E-state index in [4.69, 9.17) is 0 Å². The van der Waals surface area contributed by atoms with E-state index in [2.05, 4.69) is 20.8 Å². The third kappa shape index (κ3) is 4.87. The van der Waals surface area contributed by atoms with Crippen LogP contribution in [0.1, 0.15) is 29.5 Å². The minimum atomic E-state index is -0.508. The van der Waals surface area contributed by atoms with Gasteiger partial charge in [-0.1, -0.05) is 6.07 Å². The lowest BCUT2D eigenvalue weighted by molar-refractivity contribution is -0.385. The van der Waals surface area contributed by atoms with Gasteiger partial charge in [0.25, 0.3) is 5.91 Å². The molecule has 0 saturated carbocycles. The van der Waals surface area contributed by atoms with E-state index >= 15 is 0 Å². The average Bonchev–Trinajstić information content (AvgIpc) is 3.33. The molecule has 0 aliphatic rings. The lowest BCUT2D eigenvalue weighted by Crippen LogP contribution is -2.18. The topological polar surface area (TPSA) is 137 Å². The molecule has 1 aromatic carbocycles. The van der Waals surface area contributed by atoms with Crippen LogP contribution in [-0.4, -0.2) is 36.3 Å². The number of rotatable bonds is 8. The largest absolute Gasteiger partial charge is 0.326 e. The monoisotopic (exact) mass is 411 g/mol. The highest BCUT2D eigenvalue weighted by molar-refractivity contribution is 6.03. The first-order valence-electron chi connectivity index (χ1n) is 9.29. The zero-order valence-corrected chi connectivity index (χ0v) is 16.5. The maximum Gasteiger partial charge on any atom is 0.309 e. The Bertz CT molecular complexity index is 1090. The fraction of sp³-hybridized carbons (Fsp3) is 0.263. The van der Waals surface area contributed by atoms with E-state index < -0.39 is 4.92 Å². The predicted molar refractivity (Wildman–Crippen MR) is 109 cm³/mol. The van der Waals surface area contributed by atoms with Gasteiger partial charge in [-0.2, -0.15) is 10.2 Å². The number of aromatic nitrogens is 4. The first kappa shape index (κ1) is 20.7. The molecular formula is C19H21N7O4. The minimum absolute atomic E-state index is 0.0803. The van der Waals surface area contributed by atoms with Crippen molar-refractivity contribution in [3.8, 4) is 0 Å². The number of nitro groups is 1. The summed E-state index contributed by atoms with van der Waals surface area (Å²) in [6.45, 7) is 4.22.